The number of halogens is 2. The molecule has 1 heterocycles. The lowest BCUT2D eigenvalue weighted by atomic mass is 10.1. The highest BCUT2D eigenvalue weighted by atomic mass is 19.1. The number of hydrogen-bond acceptors (Lipinski definition) is 2. The van der Waals surface area contributed by atoms with E-state index >= 15 is 0 Å². The van der Waals surface area contributed by atoms with Crippen LogP contribution in [0.4, 0.5) is 14.5 Å². The first kappa shape index (κ1) is 18.0. The largest absolute Gasteiger partial charge is 0.349 e. The molecule has 0 aliphatic carbocycles. The van der Waals surface area contributed by atoms with E-state index in [2.05, 4.69) is 5.32 Å². The van der Waals surface area contributed by atoms with Gasteiger partial charge >= 0.3 is 0 Å². The molecule has 0 aromatic heterocycles. The third kappa shape index (κ3) is 4.07. The van der Waals surface area contributed by atoms with Gasteiger partial charge in [0, 0.05) is 30.3 Å². The Kier molecular flexibility index (Phi) is 5.30. The number of carbonyl (C=O) groups is 2. The highest BCUT2D eigenvalue weighted by Crippen LogP contribution is 2.22. The van der Waals surface area contributed by atoms with E-state index in [1.807, 2.05) is 24.3 Å². The Morgan fingerprint density at radius 3 is 2.54 bits per heavy atom. The smallest absolute Gasteiger partial charge is 0.227 e. The summed E-state index contributed by atoms with van der Waals surface area (Å²) in [6.07, 6.45) is 1.57. The molecule has 2 aromatic rings. The summed E-state index contributed by atoms with van der Waals surface area (Å²) in [5.41, 5.74) is 1.87. The Morgan fingerprint density at radius 2 is 1.92 bits per heavy atom. The minimum absolute atomic E-state index is 0.116. The van der Waals surface area contributed by atoms with E-state index in [0.29, 0.717) is 6.42 Å². The lowest BCUT2D eigenvalue weighted by Crippen LogP contribution is -2.28. The van der Waals surface area contributed by atoms with Crippen LogP contribution in [0.3, 0.4) is 0 Å². The second-order valence-electron chi connectivity index (χ2n) is 6.45. The van der Waals surface area contributed by atoms with Crippen LogP contribution in [-0.4, -0.2) is 18.4 Å². The number of carbonyl (C=O) groups excluding carboxylic acids is 2. The van der Waals surface area contributed by atoms with Gasteiger partial charge in [-0.3, -0.25) is 9.59 Å². The second kappa shape index (κ2) is 7.64. The van der Waals surface area contributed by atoms with E-state index in [-0.39, 0.29) is 23.8 Å². The van der Waals surface area contributed by atoms with Gasteiger partial charge in [0.1, 0.15) is 11.6 Å². The molecule has 1 saturated heterocycles. The zero-order chi connectivity index (χ0) is 18.7. The standard InChI is InChI=1S/C20H20F2N2O2/c1-13(17-9-6-15(21)12-18(17)22)23-19(25)11-14-4-7-16(8-5-14)24-10-2-3-20(24)26/h4-9,12-13H,2-3,10-11H2,1H3,(H,23,25)/t13-/m1/s1. The fourth-order valence-corrected chi connectivity index (χ4v) is 3.12. The van der Waals surface area contributed by atoms with E-state index in [9.17, 15) is 18.4 Å². The summed E-state index contributed by atoms with van der Waals surface area (Å²) in [6.45, 7) is 2.37. The van der Waals surface area contributed by atoms with Crippen molar-refractivity contribution in [1.82, 2.24) is 5.32 Å². The molecule has 6 heteroatoms. The van der Waals surface area contributed by atoms with Crippen LogP contribution >= 0.6 is 0 Å². The molecule has 1 aliphatic heterocycles. The highest BCUT2D eigenvalue weighted by molar-refractivity contribution is 5.95. The molecule has 0 saturated carbocycles. The van der Waals surface area contributed by atoms with Crippen molar-refractivity contribution in [1.29, 1.82) is 0 Å². The van der Waals surface area contributed by atoms with Gasteiger partial charge < -0.3 is 10.2 Å². The van der Waals surface area contributed by atoms with Crippen molar-refractivity contribution >= 4 is 17.5 Å². The highest BCUT2D eigenvalue weighted by Gasteiger charge is 2.21. The van der Waals surface area contributed by atoms with Gasteiger partial charge in [0.05, 0.1) is 12.5 Å². The van der Waals surface area contributed by atoms with E-state index < -0.39 is 17.7 Å². The Bertz CT molecular complexity index is 821. The van der Waals surface area contributed by atoms with Crippen LogP contribution in [0.25, 0.3) is 0 Å². The summed E-state index contributed by atoms with van der Waals surface area (Å²) in [5.74, 6) is -1.48. The van der Waals surface area contributed by atoms with Gasteiger partial charge in [0.2, 0.25) is 11.8 Å². The fourth-order valence-electron chi connectivity index (χ4n) is 3.12. The molecule has 1 aliphatic rings. The quantitative estimate of drug-likeness (QED) is 0.889. The SMILES string of the molecule is C[C@@H](NC(=O)Cc1ccc(N2CCCC2=O)cc1)c1ccc(F)cc1F. The molecule has 0 unspecified atom stereocenters. The Hall–Kier alpha value is -2.76. The Labute approximate surface area is 150 Å². The molecular weight excluding hydrogens is 338 g/mol. The minimum atomic E-state index is -0.683. The molecule has 2 amide bonds. The van der Waals surface area contributed by atoms with Crippen LogP contribution in [-0.2, 0) is 16.0 Å². The molecule has 0 radical (unpaired) electrons. The topological polar surface area (TPSA) is 49.4 Å². The maximum Gasteiger partial charge on any atom is 0.227 e. The van der Waals surface area contributed by atoms with Crippen LogP contribution in [0.15, 0.2) is 42.5 Å². The van der Waals surface area contributed by atoms with E-state index in [4.69, 9.17) is 0 Å². The molecule has 136 valence electrons. The minimum Gasteiger partial charge on any atom is -0.349 e. The first-order valence-corrected chi connectivity index (χ1v) is 8.57. The number of rotatable bonds is 5. The van der Waals surface area contributed by atoms with Crippen LogP contribution in [0.5, 0.6) is 0 Å². The third-order valence-corrected chi connectivity index (χ3v) is 4.49. The van der Waals surface area contributed by atoms with Gasteiger partial charge in [-0.2, -0.15) is 0 Å². The summed E-state index contributed by atoms with van der Waals surface area (Å²) in [5, 5.41) is 2.72. The van der Waals surface area contributed by atoms with Gasteiger partial charge in [0.25, 0.3) is 0 Å². The molecule has 3 rings (SSSR count). The van der Waals surface area contributed by atoms with Crippen LogP contribution in [0.1, 0.15) is 36.9 Å². The predicted octanol–water partition coefficient (Wildman–Crippen LogP) is 3.51. The summed E-state index contributed by atoms with van der Waals surface area (Å²) >= 11 is 0. The lowest BCUT2D eigenvalue weighted by Gasteiger charge is -2.17. The van der Waals surface area contributed by atoms with Crippen molar-refractivity contribution in [3.63, 3.8) is 0 Å². The Balaban J connectivity index is 1.60. The number of hydrogen-bond donors (Lipinski definition) is 1. The molecular formula is C20H20F2N2O2. The molecule has 26 heavy (non-hydrogen) atoms. The van der Waals surface area contributed by atoms with E-state index in [1.165, 1.54) is 12.1 Å². The second-order valence-corrected chi connectivity index (χ2v) is 6.45. The van der Waals surface area contributed by atoms with E-state index in [1.54, 1.807) is 11.8 Å². The molecule has 0 spiro atoms. The summed E-state index contributed by atoms with van der Waals surface area (Å²) in [6, 6.07) is 10.0. The van der Waals surface area contributed by atoms with Gasteiger partial charge in [0.15, 0.2) is 0 Å². The molecule has 4 nitrogen and oxygen atoms in total. The maximum absolute atomic E-state index is 13.8. The van der Waals surface area contributed by atoms with Gasteiger partial charge in [-0.05, 0) is 37.1 Å². The lowest BCUT2D eigenvalue weighted by molar-refractivity contribution is -0.121. The third-order valence-electron chi connectivity index (χ3n) is 4.49. The maximum atomic E-state index is 13.8. The van der Waals surface area contributed by atoms with Crippen molar-refractivity contribution in [3.8, 4) is 0 Å². The summed E-state index contributed by atoms with van der Waals surface area (Å²) in [7, 11) is 0. The molecule has 1 fully saturated rings. The van der Waals surface area contributed by atoms with E-state index in [0.717, 1.165) is 30.3 Å². The van der Waals surface area contributed by atoms with Crippen LogP contribution in [0.2, 0.25) is 0 Å². The number of nitrogens with one attached hydrogen (secondary N) is 1. The normalized spacial score (nSPS) is 15.2. The van der Waals surface area contributed by atoms with Crippen LogP contribution in [0, 0.1) is 11.6 Å². The number of amides is 2. The predicted molar refractivity (Wildman–Crippen MR) is 94.6 cm³/mol. The monoisotopic (exact) mass is 358 g/mol. The van der Waals surface area contributed by atoms with Crippen molar-refractivity contribution in [2.45, 2.75) is 32.2 Å². The summed E-state index contributed by atoms with van der Waals surface area (Å²) in [4.78, 5) is 25.7. The summed E-state index contributed by atoms with van der Waals surface area (Å²) < 4.78 is 26.8. The fraction of sp³-hybridized carbons (Fsp3) is 0.300. The first-order chi connectivity index (χ1) is 12.4. The average Bonchev–Trinajstić information content (AvgIpc) is 3.01. The zero-order valence-electron chi connectivity index (χ0n) is 14.5. The number of anilines is 1. The van der Waals surface area contributed by atoms with Gasteiger partial charge in [-0.25, -0.2) is 8.78 Å². The Morgan fingerprint density at radius 1 is 1.19 bits per heavy atom. The molecule has 0 bridgehead atoms. The van der Waals surface area contributed by atoms with Crippen molar-refractivity contribution < 1.29 is 18.4 Å². The average molecular weight is 358 g/mol. The molecule has 2 aromatic carbocycles. The number of nitrogens with zero attached hydrogens (tertiary/aromatic N) is 1. The molecule has 1 atom stereocenters. The number of benzene rings is 2. The zero-order valence-corrected chi connectivity index (χ0v) is 14.5. The van der Waals surface area contributed by atoms with Crippen molar-refractivity contribution in [3.05, 3.63) is 65.2 Å². The van der Waals surface area contributed by atoms with Gasteiger partial charge in [-0.15, -0.1) is 0 Å². The van der Waals surface area contributed by atoms with Crippen LogP contribution < -0.4 is 10.2 Å². The van der Waals surface area contributed by atoms with Gasteiger partial charge in [-0.1, -0.05) is 18.2 Å². The van der Waals surface area contributed by atoms with Crippen molar-refractivity contribution in [2.75, 3.05) is 11.4 Å². The first-order valence-electron chi connectivity index (χ1n) is 8.57. The van der Waals surface area contributed by atoms with Crippen molar-refractivity contribution in [2.24, 2.45) is 0 Å². The molecule has 1 N–H and O–H groups in total.